The van der Waals surface area contributed by atoms with Gasteiger partial charge in [0.2, 0.25) is 0 Å². The predicted molar refractivity (Wildman–Crippen MR) is 72.5 cm³/mol. The van der Waals surface area contributed by atoms with Gasteiger partial charge in [0.05, 0.1) is 0 Å². The van der Waals surface area contributed by atoms with E-state index >= 15 is 0 Å². The molecule has 0 N–H and O–H groups in total. The maximum atomic E-state index is 11.1. The molecule has 1 fully saturated rings. The molecule has 0 radical (unpaired) electrons. The van der Waals surface area contributed by atoms with Crippen LogP contribution in [0.15, 0.2) is 5.18 Å². The molecule has 1 unspecified atom stereocenters. The quantitative estimate of drug-likeness (QED) is 0.566. The van der Waals surface area contributed by atoms with Gasteiger partial charge in [-0.2, -0.15) is 4.91 Å². The van der Waals surface area contributed by atoms with Crippen molar-refractivity contribution in [3.8, 4) is 0 Å². The predicted octanol–water partition coefficient (Wildman–Crippen LogP) is 4.03. The lowest BCUT2D eigenvalue weighted by Gasteiger charge is -2.34. The summed E-state index contributed by atoms with van der Waals surface area (Å²) >= 11 is 0. The smallest absolute Gasteiger partial charge is 0.193 e. The first kappa shape index (κ1) is 15.6. The number of nitroso groups, excluding NO2 is 1. The third-order valence-electron chi connectivity index (χ3n) is 4.08. The second kappa shape index (κ2) is 8.59. The Morgan fingerprint density at radius 3 is 1.89 bits per heavy atom. The standard InChI is InChI=1S/C14H27NO3/c1-17-14(18-2)12-10-8-6-4-3-5-7-9-11-13(14)15-16/h13H,3-12H2,1-2H3. The normalized spacial score (nSPS) is 26.9. The lowest BCUT2D eigenvalue weighted by atomic mass is 9.93. The molecule has 1 aliphatic rings. The number of hydrogen-bond donors (Lipinski definition) is 0. The van der Waals surface area contributed by atoms with Crippen molar-refractivity contribution in [1.29, 1.82) is 0 Å². The minimum Gasteiger partial charge on any atom is -0.351 e. The molecule has 0 aromatic rings. The zero-order valence-electron chi connectivity index (χ0n) is 11.8. The van der Waals surface area contributed by atoms with Crippen LogP contribution < -0.4 is 0 Å². The van der Waals surface area contributed by atoms with Crippen molar-refractivity contribution in [2.45, 2.75) is 76.0 Å². The van der Waals surface area contributed by atoms with Gasteiger partial charge >= 0.3 is 0 Å². The highest BCUT2D eigenvalue weighted by Gasteiger charge is 2.39. The lowest BCUT2D eigenvalue weighted by molar-refractivity contribution is -0.225. The zero-order chi connectivity index (χ0) is 13.3. The van der Waals surface area contributed by atoms with Gasteiger partial charge < -0.3 is 9.47 Å². The SMILES string of the molecule is COC1(OC)CCCCCCCCCCC1N=O. The molecule has 1 saturated carbocycles. The summed E-state index contributed by atoms with van der Waals surface area (Å²) in [5.74, 6) is -0.805. The number of ether oxygens (including phenoxy) is 2. The van der Waals surface area contributed by atoms with Crippen LogP contribution in [-0.2, 0) is 9.47 Å². The van der Waals surface area contributed by atoms with Gasteiger partial charge in [0.1, 0.15) is 6.04 Å². The van der Waals surface area contributed by atoms with Crippen LogP contribution in [-0.4, -0.2) is 26.0 Å². The molecule has 0 spiro atoms. The third-order valence-corrected chi connectivity index (χ3v) is 4.08. The largest absolute Gasteiger partial charge is 0.351 e. The Labute approximate surface area is 110 Å². The van der Waals surface area contributed by atoms with E-state index in [4.69, 9.17) is 9.47 Å². The second-order valence-electron chi connectivity index (χ2n) is 5.21. The molecule has 0 amide bonds. The van der Waals surface area contributed by atoms with Crippen molar-refractivity contribution in [3.05, 3.63) is 4.91 Å². The first-order chi connectivity index (χ1) is 8.79. The van der Waals surface area contributed by atoms with E-state index in [-0.39, 0.29) is 6.04 Å². The minimum atomic E-state index is -0.805. The number of hydrogen-bond acceptors (Lipinski definition) is 4. The Kier molecular flexibility index (Phi) is 7.44. The summed E-state index contributed by atoms with van der Waals surface area (Å²) in [5, 5.41) is 3.27. The average Bonchev–Trinajstić information content (AvgIpc) is 2.40. The van der Waals surface area contributed by atoms with E-state index in [9.17, 15) is 4.91 Å². The highest BCUT2D eigenvalue weighted by Crippen LogP contribution is 2.30. The molecule has 0 bridgehead atoms. The summed E-state index contributed by atoms with van der Waals surface area (Å²) in [7, 11) is 3.24. The molecule has 4 heteroatoms. The van der Waals surface area contributed by atoms with Gasteiger partial charge in [-0.3, -0.25) is 0 Å². The lowest BCUT2D eigenvalue weighted by Crippen LogP contribution is -2.45. The molecule has 18 heavy (non-hydrogen) atoms. The molecule has 0 saturated heterocycles. The monoisotopic (exact) mass is 257 g/mol. The van der Waals surface area contributed by atoms with E-state index in [0.717, 1.165) is 25.7 Å². The zero-order valence-corrected chi connectivity index (χ0v) is 11.8. The summed E-state index contributed by atoms with van der Waals surface area (Å²) in [6.07, 6.45) is 11.1. The van der Waals surface area contributed by atoms with E-state index in [1.54, 1.807) is 14.2 Å². The van der Waals surface area contributed by atoms with Gasteiger partial charge in [-0.15, -0.1) is 0 Å². The summed E-state index contributed by atoms with van der Waals surface area (Å²) < 4.78 is 11.0. The molecular formula is C14H27NO3. The fourth-order valence-electron chi connectivity index (χ4n) is 2.85. The van der Waals surface area contributed by atoms with E-state index in [1.807, 2.05) is 0 Å². The molecule has 0 aliphatic heterocycles. The third kappa shape index (κ3) is 4.32. The molecule has 106 valence electrons. The highest BCUT2D eigenvalue weighted by atomic mass is 16.7. The van der Waals surface area contributed by atoms with E-state index in [1.165, 1.54) is 38.5 Å². The molecule has 1 aliphatic carbocycles. The maximum Gasteiger partial charge on any atom is 0.193 e. The van der Waals surface area contributed by atoms with Gasteiger partial charge in [-0.1, -0.05) is 50.1 Å². The van der Waals surface area contributed by atoms with Crippen LogP contribution in [0.1, 0.15) is 64.2 Å². The van der Waals surface area contributed by atoms with Crippen molar-refractivity contribution < 1.29 is 9.47 Å². The summed E-state index contributed by atoms with van der Waals surface area (Å²) in [6, 6.07) is -0.382. The molecule has 0 aromatic heterocycles. The number of methoxy groups -OCH3 is 2. The number of rotatable bonds is 3. The fourth-order valence-corrected chi connectivity index (χ4v) is 2.85. The van der Waals surface area contributed by atoms with Crippen molar-refractivity contribution in [2.75, 3.05) is 14.2 Å². The molecule has 1 rings (SSSR count). The molecule has 4 nitrogen and oxygen atoms in total. The first-order valence-electron chi connectivity index (χ1n) is 7.22. The number of nitrogens with zero attached hydrogens (tertiary/aromatic N) is 1. The molecular weight excluding hydrogens is 230 g/mol. The molecule has 0 heterocycles. The van der Waals surface area contributed by atoms with Gasteiger partial charge in [-0.05, 0) is 12.8 Å². The average molecular weight is 257 g/mol. The van der Waals surface area contributed by atoms with Crippen LogP contribution in [0.4, 0.5) is 0 Å². The Morgan fingerprint density at radius 2 is 1.39 bits per heavy atom. The minimum absolute atomic E-state index is 0.382. The van der Waals surface area contributed by atoms with E-state index in [0.29, 0.717) is 0 Å². The van der Waals surface area contributed by atoms with Crippen LogP contribution in [0, 0.1) is 4.91 Å². The summed E-state index contributed by atoms with van der Waals surface area (Å²) in [6.45, 7) is 0. The van der Waals surface area contributed by atoms with Crippen LogP contribution in [0.5, 0.6) is 0 Å². The fraction of sp³-hybridized carbons (Fsp3) is 1.00. The van der Waals surface area contributed by atoms with Crippen molar-refractivity contribution in [3.63, 3.8) is 0 Å². The van der Waals surface area contributed by atoms with Gasteiger partial charge in [0.25, 0.3) is 0 Å². The Hall–Kier alpha value is -0.480. The summed E-state index contributed by atoms with van der Waals surface area (Å²) in [4.78, 5) is 11.1. The topological polar surface area (TPSA) is 47.9 Å². The van der Waals surface area contributed by atoms with Crippen molar-refractivity contribution in [1.82, 2.24) is 0 Å². The van der Waals surface area contributed by atoms with Gasteiger partial charge in [0, 0.05) is 20.6 Å². The van der Waals surface area contributed by atoms with E-state index < -0.39 is 5.79 Å². The Balaban J connectivity index is 2.68. The Morgan fingerprint density at radius 1 is 0.889 bits per heavy atom. The van der Waals surface area contributed by atoms with Crippen molar-refractivity contribution in [2.24, 2.45) is 5.18 Å². The Bertz CT molecular complexity index is 229. The van der Waals surface area contributed by atoms with Gasteiger partial charge in [-0.25, -0.2) is 0 Å². The maximum absolute atomic E-state index is 11.1. The molecule has 0 aromatic carbocycles. The summed E-state index contributed by atoms with van der Waals surface area (Å²) in [5.41, 5.74) is 0. The molecule has 1 atom stereocenters. The van der Waals surface area contributed by atoms with Gasteiger partial charge in [0.15, 0.2) is 5.79 Å². The van der Waals surface area contributed by atoms with Crippen LogP contribution >= 0.6 is 0 Å². The van der Waals surface area contributed by atoms with Crippen molar-refractivity contribution >= 4 is 0 Å². The van der Waals surface area contributed by atoms with Crippen LogP contribution in [0.3, 0.4) is 0 Å². The highest BCUT2D eigenvalue weighted by molar-refractivity contribution is 4.85. The second-order valence-corrected chi connectivity index (χ2v) is 5.21. The van der Waals surface area contributed by atoms with Crippen LogP contribution in [0.25, 0.3) is 0 Å². The first-order valence-corrected chi connectivity index (χ1v) is 7.22. The van der Waals surface area contributed by atoms with E-state index in [2.05, 4.69) is 5.18 Å². The van der Waals surface area contributed by atoms with Crippen LogP contribution in [0.2, 0.25) is 0 Å².